The van der Waals surface area contributed by atoms with Crippen LogP contribution in [0.3, 0.4) is 0 Å². The van der Waals surface area contributed by atoms with E-state index < -0.39 is 11.6 Å². The molecule has 1 amide bonds. The molecule has 1 fully saturated rings. The van der Waals surface area contributed by atoms with Crippen LogP contribution in [0, 0.1) is 11.6 Å². The third kappa shape index (κ3) is 3.54. The molecule has 6 nitrogen and oxygen atoms in total. The Labute approximate surface area is 195 Å². The summed E-state index contributed by atoms with van der Waals surface area (Å²) >= 11 is 0. The summed E-state index contributed by atoms with van der Waals surface area (Å²) in [5.41, 5.74) is 2.31. The SMILES string of the molecule is CN1C(=O)c2ccc(-c3ccc(F)cc3F)cc2O[C@H]2CN(Cc3ccc4c(c3)OCO4)C[C@H]21. The molecule has 0 bridgehead atoms. The average molecular weight is 464 g/mol. The Bertz CT molecular complexity index is 1300. The lowest BCUT2D eigenvalue weighted by atomic mass is 10.0. The van der Waals surface area contributed by atoms with Gasteiger partial charge in [0.2, 0.25) is 6.79 Å². The van der Waals surface area contributed by atoms with Crippen molar-refractivity contribution in [1.29, 1.82) is 0 Å². The minimum Gasteiger partial charge on any atom is -0.486 e. The molecule has 3 aromatic rings. The molecule has 0 spiro atoms. The van der Waals surface area contributed by atoms with E-state index in [9.17, 15) is 13.6 Å². The van der Waals surface area contributed by atoms with Crippen LogP contribution in [-0.4, -0.2) is 54.8 Å². The number of hydrogen-bond donors (Lipinski definition) is 0. The van der Waals surface area contributed by atoms with Gasteiger partial charge in [-0.3, -0.25) is 9.69 Å². The summed E-state index contributed by atoms with van der Waals surface area (Å²) in [5, 5.41) is 0. The van der Waals surface area contributed by atoms with Gasteiger partial charge in [0, 0.05) is 38.3 Å². The second kappa shape index (κ2) is 7.99. The molecule has 0 N–H and O–H groups in total. The number of benzene rings is 3. The molecule has 3 aromatic carbocycles. The van der Waals surface area contributed by atoms with E-state index in [1.165, 1.54) is 12.1 Å². The first-order valence-electron chi connectivity index (χ1n) is 11.1. The lowest BCUT2D eigenvalue weighted by molar-refractivity contribution is 0.0682. The highest BCUT2D eigenvalue weighted by atomic mass is 19.1. The number of hydrogen-bond acceptors (Lipinski definition) is 5. The molecule has 8 heteroatoms. The van der Waals surface area contributed by atoms with Crippen LogP contribution in [-0.2, 0) is 6.54 Å². The van der Waals surface area contributed by atoms with Crippen molar-refractivity contribution < 1.29 is 27.8 Å². The predicted octanol–water partition coefficient (Wildman–Crippen LogP) is 4.08. The van der Waals surface area contributed by atoms with Gasteiger partial charge in [-0.1, -0.05) is 12.1 Å². The number of rotatable bonds is 3. The fourth-order valence-electron chi connectivity index (χ4n) is 4.94. The van der Waals surface area contributed by atoms with E-state index in [-0.39, 0.29) is 30.4 Å². The number of carbonyl (C=O) groups excluding carboxylic acids is 1. The van der Waals surface area contributed by atoms with Crippen molar-refractivity contribution in [2.75, 3.05) is 26.9 Å². The second-order valence-corrected chi connectivity index (χ2v) is 8.86. The molecule has 3 aliphatic rings. The fourth-order valence-corrected chi connectivity index (χ4v) is 4.94. The zero-order valence-electron chi connectivity index (χ0n) is 18.5. The molecule has 3 heterocycles. The van der Waals surface area contributed by atoms with Crippen LogP contribution in [0.15, 0.2) is 54.6 Å². The van der Waals surface area contributed by atoms with Gasteiger partial charge in [-0.05, 0) is 47.5 Å². The zero-order chi connectivity index (χ0) is 23.4. The topological polar surface area (TPSA) is 51.2 Å². The summed E-state index contributed by atoms with van der Waals surface area (Å²) in [6, 6.07) is 14.2. The smallest absolute Gasteiger partial charge is 0.257 e. The predicted molar refractivity (Wildman–Crippen MR) is 120 cm³/mol. The van der Waals surface area contributed by atoms with Crippen molar-refractivity contribution >= 4 is 5.91 Å². The minimum absolute atomic E-state index is 0.125. The first-order valence-corrected chi connectivity index (χ1v) is 11.1. The summed E-state index contributed by atoms with van der Waals surface area (Å²) in [7, 11) is 1.79. The molecule has 0 radical (unpaired) electrons. The Morgan fingerprint density at radius 3 is 2.59 bits per heavy atom. The van der Waals surface area contributed by atoms with Crippen LogP contribution in [0.5, 0.6) is 17.2 Å². The van der Waals surface area contributed by atoms with Crippen LogP contribution >= 0.6 is 0 Å². The lowest BCUT2D eigenvalue weighted by Crippen LogP contribution is -2.44. The van der Waals surface area contributed by atoms with Crippen LogP contribution in [0.1, 0.15) is 15.9 Å². The van der Waals surface area contributed by atoms with Crippen LogP contribution in [0.4, 0.5) is 8.78 Å². The van der Waals surface area contributed by atoms with E-state index >= 15 is 0 Å². The third-order valence-electron chi connectivity index (χ3n) is 6.71. The molecular weight excluding hydrogens is 442 g/mol. The number of likely N-dealkylation sites (tertiary alicyclic amines) is 1. The summed E-state index contributed by atoms with van der Waals surface area (Å²) < 4.78 is 44.9. The van der Waals surface area contributed by atoms with Crippen molar-refractivity contribution in [2.24, 2.45) is 0 Å². The summed E-state index contributed by atoms with van der Waals surface area (Å²) in [4.78, 5) is 17.2. The van der Waals surface area contributed by atoms with Crippen molar-refractivity contribution in [3.63, 3.8) is 0 Å². The average Bonchev–Trinajstić information content (AvgIpc) is 3.42. The molecule has 3 aliphatic heterocycles. The lowest BCUT2D eigenvalue weighted by Gasteiger charge is -2.25. The van der Waals surface area contributed by atoms with Gasteiger partial charge in [0.05, 0.1) is 11.6 Å². The Morgan fingerprint density at radius 2 is 1.74 bits per heavy atom. The van der Waals surface area contributed by atoms with Crippen molar-refractivity contribution in [2.45, 2.75) is 18.7 Å². The minimum atomic E-state index is -0.661. The molecule has 0 aliphatic carbocycles. The Hall–Kier alpha value is -3.65. The molecule has 0 aromatic heterocycles. The second-order valence-electron chi connectivity index (χ2n) is 8.86. The van der Waals surface area contributed by atoms with E-state index in [4.69, 9.17) is 14.2 Å². The van der Waals surface area contributed by atoms with E-state index in [1.54, 1.807) is 30.1 Å². The van der Waals surface area contributed by atoms with Gasteiger partial charge in [0.25, 0.3) is 5.91 Å². The van der Waals surface area contributed by atoms with Crippen LogP contribution < -0.4 is 14.2 Å². The number of amides is 1. The van der Waals surface area contributed by atoms with E-state index in [0.29, 0.717) is 36.5 Å². The highest BCUT2D eigenvalue weighted by Gasteiger charge is 2.42. The molecule has 174 valence electrons. The highest BCUT2D eigenvalue weighted by molar-refractivity contribution is 5.98. The molecule has 2 atom stereocenters. The van der Waals surface area contributed by atoms with Gasteiger partial charge in [-0.2, -0.15) is 0 Å². The van der Waals surface area contributed by atoms with Gasteiger partial charge < -0.3 is 19.1 Å². The van der Waals surface area contributed by atoms with E-state index in [1.807, 2.05) is 18.2 Å². The largest absolute Gasteiger partial charge is 0.486 e. The Balaban J connectivity index is 1.26. The maximum atomic E-state index is 14.4. The number of nitrogens with zero attached hydrogens (tertiary/aromatic N) is 2. The van der Waals surface area contributed by atoms with Gasteiger partial charge in [0.15, 0.2) is 11.5 Å². The quantitative estimate of drug-likeness (QED) is 0.585. The standard InChI is InChI=1S/C26H22F2N2O4/c1-29-21-12-30(11-15-2-7-22-24(8-15)33-14-32-22)13-25(21)34-23-9-16(3-5-19(23)26(29)31)18-6-4-17(27)10-20(18)28/h2-10,21,25H,11-14H2,1H3/t21-,25+/m1/s1. The van der Waals surface area contributed by atoms with E-state index in [0.717, 1.165) is 23.1 Å². The van der Waals surface area contributed by atoms with Crippen molar-refractivity contribution in [3.8, 4) is 28.4 Å². The fraction of sp³-hybridized carbons (Fsp3) is 0.269. The zero-order valence-corrected chi connectivity index (χ0v) is 18.5. The summed E-state index contributed by atoms with van der Waals surface area (Å²) in [6.07, 6.45) is -0.238. The molecule has 0 saturated carbocycles. The molecular formula is C26H22F2N2O4. The molecule has 1 saturated heterocycles. The number of fused-ring (bicyclic) bond motifs is 3. The number of ether oxygens (including phenoxy) is 3. The monoisotopic (exact) mass is 464 g/mol. The summed E-state index contributed by atoms with van der Waals surface area (Å²) in [6.45, 7) is 2.21. The van der Waals surface area contributed by atoms with Gasteiger partial charge in [0.1, 0.15) is 23.5 Å². The normalized spacial score (nSPS) is 21.1. The molecule has 34 heavy (non-hydrogen) atoms. The number of carbonyl (C=O) groups is 1. The number of halogens is 2. The van der Waals surface area contributed by atoms with Gasteiger partial charge in [-0.25, -0.2) is 8.78 Å². The van der Waals surface area contributed by atoms with Gasteiger partial charge in [-0.15, -0.1) is 0 Å². The third-order valence-corrected chi connectivity index (χ3v) is 6.71. The van der Waals surface area contributed by atoms with E-state index in [2.05, 4.69) is 4.90 Å². The molecule has 6 rings (SSSR count). The first-order chi connectivity index (χ1) is 16.5. The van der Waals surface area contributed by atoms with Crippen LogP contribution in [0.2, 0.25) is 0 Å². The van der Waals surface area contributed by atoms with Gasteiger partial charge >= 0.3 is 0 Å². The summed E-state index contributed by atoms with van der Waals surface area (Å²) in [5.74, 6) is 0.457. The Morgan fingerprint density at radius 1 is 0.912 bits per heavy atom. The number of likely N-dealkylation sites (N-methyl/N-ethyl adjacent to an activating group) is 1. The van der Waals surface area contributed by atoms with Crippen molar-refractivity contribution in [1.82, 2.24) is 9.80 Å². The Kier molecular flexibility index (Phi) is 4.91. The molecule has 0 unspecified atom stereocenters. The maximum absolute atomic E-state index is 14.4. The first kappa shape index (κ1) is 20.9. The van der Waals surface area contributed by atoms with Crippen molar-refractivity contribution in [3.05, 3.63) is 77.4 Å². The highest BCUT2D eigenvalue weighted by Crippen LogP contribution is 2.36. The maximum Gasteiger partial charge on any atom is 0.257 e. The van der Waals surface area contributed by atoms with Crippen LogP contribution in [0.25, 0.3) is 11.1 Å².